The van der Waals surface area contributed by atoms with E-state index in [9.17, 15) is 14.7 Å². The van der Waals surface area contributed by atoms with Gasteiger partial charge < -0.3 is 10.8 Å². The first kappa shape index (κ1) is 16.7. The summed E-state index contributed by atoms with van der Waals surface area (Å²) >= 11 is 3.38. The molecule has 1 aliphatic carbocycles. The minimum Gasteiger partial charge on any atom is -0.481 e. The molecule has 124 valence electrons. The smallest absolute Gasteiger partial charge is 0.310 e. The molecule has 0 bridgehead atoms. The molecule has 1 saturated carbocycles. The SMILES string of the molecule is NC(=O)CC(c1ccc(Br)cc1)C1(C(=O)O)CC1c1ccccc1. The van der Waals surface area contributed by atoms with E-state index in [-0.39, 0.29) is 12.3 Å². The molecule has 0 saturated heterocycles. The van der Waals surface area contributed by atoms with Crippen LogP contribution in [-0.2, 0) is 9.59 Å². The topological polar surface area (TPSA) is 80.4 Å². The van der Waals surface area contributed by atoms with Crippen molar-refractivity contribution in [2.24, 2.45) is 11.1 Å². The van der Waals surface area contributed by atoms with Gasteiger partial charge in [-0.1, -0.05) is 58.4 Å². The third-order valence-corrected chi connectivity index (χ3v) is 5.43. The fraction of sp³-hybridized carbons (Fsp3) is 0.263. The first-order valence-electron chi connectivity index (χ1n) is 7.77. The van der Waals surface area contributed by atoms with Crippen molar-refractivity contribution in [3.63, 3.8) is 0 Å². The second-order valence-electron chi connectivity index (χ2n) is 6.29. The number of aliphatic carboxylic acids is 1. The van der Waals surface area contributed by atoms with Crippen molar-refractivity contribution in [2.45, 2.75) is 24.7 Å². The third kappa shape index (κ3) is 2.96. The molecule has 4 nitrogen and oxygen atoms in total. The highest BCUT2D eigenvalue weighted by atomic mass is 79.9. The Bertz CT molecular complexity index is 760. The van der Waals surface area contributed by atoms with Crippen LogP contribution >= 0.6 is 15.9 Å². The van der Waals surface area contributed by atoms with E-state index in [0.29, 0.717) is 6.42 Å². The summed E-state index contributed by atoms with van der Waals surface area (Å²) in [7, 11) is 0. The summed E-state index contributed by atoms with van der Waals surface area (Å²) in [5.41, 5.74) is 6.27. The lowest BCUT2D eigenvalue weighted by molar-refractivity contribution is -0.144. The van der Waals surface area contributed by atoms with E-state index in [1.165, 1.54) is 0 Å². The van der Waals surface area contributed by atoms with Gasteiger partial charge in [-0.05, 0) is 29.7 Å². The van der Waals surface area contributed by atoms with Crippen LogP contribution in [0.5, 0.6) is 0 Å². The Labute approximate surface area is 148 Å². The van der Waals surface area contributed by atoms with Crippen LogP contribution in [0.3, 0.4) is 0 Å². The second kappa shape index (κ2) is 6.40. The molecule has 5 heteroatoms. The van der Waals surface area contributed by atoms with Crippen molar-refractivity contribution in [2.75, 3.05) is 0 Å². The van der Waals surface area contributed by atoms with Gasteiger partial charge in [0.2, 0.25) is 5.91 Å². The average Bonchev–Trinajstić information content (AvgIpc) is 3.31. The van der Waals surface area contributed by atoms with Gasteiger partial charge in [0.25, 0.3) is 0 Å². The number of hydrogen-bond acceptors (Lipinski definition) is 2. The number of halogens is 1. The van der Waals surface area contributed by atoms with Gasteiger partial charge in [-0.15, -0.1) is 0 Å². The van der Waals surface area contributed by atoms with Crippen molar-refractivity contribution < 1.29 is 14.7 Å². The number of amides is 1. The van der Waals surface area contributed by atoms with Gasteiger partial charge in [0.05, 0.1) is 5.41 Å². The summed E-state index contributed by atoms with van der Waals surface area (Å²) in [4.78, 5) is 23.8. The number of benzene rings is 2. The first-order chi connectivity index (χ1) is 11.4. The van der Waals surface area contributed by atoms with E-state index in [4.69, 9.17) is 5.73 Å². The number of hydrogen-bond donors (Lipinski definition) is 2. The molecular formula is C19H18BrNO3. The van der Waals surface area contributed by atoms with Crippen molar-refractivity contribution in [3.8, 4) is 0 Å². The van der Waals surface area contributed by atoms with Gasteiger partial charge in [-0.3, -0.25) is 9.59 Å². The van der Waals surface area contributed by atoms with Crippen LogP contribution in [0, 0.1) is 5.41 Å². The number of carboxylic acids is 1. The van der Waals surface area contributed by atoms with Crippen molar-refractivity contribution in [1.29, 1.82) is 0 Å². The Morgan fingerprint density at radius 1 is 1.17 bits per heavy atom. The lowest BCUT2D eigenvalue weighted by atomic mass is 9.78. The summed E-state index contributed by atoms with van der Waals surface area (Å²) in [6, 6.07) is 17.1. The van der Waals surface area contributed by atoms with Gasteiger partial charge in [0.15, 0.2) is 0 Å². The number of carboxylic acid groups (broad SMARTS) is 1. The average molecular weight is 388 g/mol. The Balaban J connectivity index is 2.02. The highest BCUT2D eigenvalue weighted by molar-refractivity contribution is 9.10. The largest absolute Gasteiger partial charge is 0.481 e. The predicted molar refractivity (Wildman–Crippen MR) is 94.6 cm³/mol. The third-order valence-electron chi connectivity index (χ3n) is 4.90. The van der Waals surface area contributed by atoms with Gasteiger partial charge in [0, 0.05) is 22.7 Å². The molecule has 0 radical (unpaired) electrons. The number of carbonyl (C=O) groups excluding carboxylic acids is 1. The van der Waals surface area contributed by atoms with Crippen molar-refractivity contribution >= 4 is 27.8 Å². The zero-order chi connectivity index (χ0) is 17.3. The van der Waals surface area contributed by atoms with Crippen LogP contribution < -0.4 is 5.73 Å². The van der Waals surface area contributed by atoms with Crippen molar-refractivity contribution in [3.05, 3.63) is 70.2 Å². The van der Waals surface area contributed by atoms with E-state index >= 15 is 0 Å². The zero-order valence-corrected chi connectivity index (χ0v) is 14.6. The van der Waals surface area contributed by atoms with Crippen LogP contribution in [0.4, 0.5) is 0 Å². The molecule has 3 N–H and O–H groups in total. The van der Waals surface area contributed by atoms with E-state index in [2.05, 4.69) is 15.9 Å². The number of nitrogens with two attached hydrogens (primary N) is 1. The number of rotatable bonds is 6. The molecular weight excluding hydrogens is 370 g/mol. The summed E-state index contributed by atoms with van der Waals surface area (Å²) in [6.07, 6.45) is 0.539. The van der Waals surface area contributed by atoms with Crippen LogP contribution in [0.2, 0.25) is 0 Å². The van der Waals surface area contributed by atoms with Gasteiger partial charge in [-0.25, -0.2) is 0 Å². The normalized spacial score (nSPS) is 23.5. The van der Waals surface area contributed by atoms with Crippen LogP contribution in [0.1, 0.15) is 35.8 Å². The Morgan fingerprint density at radius 3 is 2.33 bits per heavy atom. The maximum Gasteiger partial charge on any atom is 0.310 e. The monoisotopic (exact) mass is 387 g/mol. The maximum atomic E-state index is 12.2. The molecule has 3 atom stereocenters. The Morgan fingerprint density at radius 2 is 1.79 bits per heavy atom. The first-order valence-corrected chi connectivity index (χ1v) is 8.56. The van der Waals surface area contributed by atoms with Crippen molar-refractivity contribution in [1.82, 2.24) is 0 Å². The number of carbonyl (C=O) groups is 2. The van der Waals surface area contributed by atoms with E-state index in [1.807, 2.05) is 54.6 Å². The molecule has 1 fully saturated rings. The maximum absolute atomic E-state index is 12.2. The lowest BCUT2D eigenvalue weighted by Crippen LogP contribution is -2.29. The number of primary amides is 1. The Kier molecular flexibility index (Phi) is 4.45. The highest BCUT2D eigenvalue weighted by Gasteiger charge is 2.65. The summed E-state index contributed by atoms with van der Waals surface area (Å²) < 4.78 is 0.906. The van der Waals surface area contributed by atoms with E-state index in [0.717, 1.165) is 15.6 Å². The molecule has 0 aromatic heterocycles. The molecule has 24 heavy (non-hydrogen) atoms. The fourth-order valence-electron chi connectivity index (χ4n) is 3.64. The summed E-state index contributed by atoms with van der Waals surface area (Å²) in [5.74, 6) is -1.90. The zero-order valence-electron chi connectivity index (χ0n) is 13.0. The van der Waals surface area contributed by atoms with E-state index in [1.54, 1.807) is 0 Å². The molecule has 0 aliphatic heterocycles. The molecule has 3 unspecified atom stereocenters. The molecule has 3 rings (SSSR count). The highest BCUT2D eigenvalue weighted by Crippen LogP contribution is 2.67. The minimum atomic E-state index is -0.982. The predicted octanol–water partition coefficient (Wildman–Crippen LogP) is 3.67. The van der Waals surface area contributed by atoms with Crippen LogP contribution in [0.25, 0.3) is 0 Å². The Hall–Kier alpha value is -2.14. The molecule has 2 aromatic rings. The molecule has 1 aliphatic rings. The molecule has 0 heterocycles. The van der Waals surface area contributed by atoms with E-state index < -0.39 is 23.2 Å². The van der Waals surface area contributed by atoms with Gasteiger partial charge >= 0.3 is 5.97 Å². The van der Waals surface area contributed by atoms with Crippen LogP contribution in [-0.4, -0.2) is 17.0 Å². The summed E-state index contributed by atoms with van der Waals surface area (Å²) in [6.45, 7) is 0. The standard InChI is InChI=1S/C19H18BrNO3/c20-14-8-6-13(7-9-14)15(10-17(21)22)19(18(23)24)11-16(19)12-4-2-1-3-5-12/h1-9,15-16H,10-11H2,(H2,21,22)(H,23,24). The molecule has 2 aromatic carbocycles. The fourth-order valence-corrected chi connectivity index (χ4v) is 3.91. The minimum absolute atomic E-state index is 0.0251. The van der Waals surface area contributed by atoms with Crippen LogP contribution in [0.15, 0.2) is 59.1 Å². The molecule has 0 spiro atoms. The molecule has 1 amide bonds. The van der Waals surface area contributed by atoms with Gasteiger partial charge in [-0.2, -0.15) is 0 Å². The second-order valence-corrected chi connectivity index (χ2v) is 7.20. The van der Waals surface area contributed by atoms with Gasteiger partial charge in [0.1, 0.15) is 0 Å². The summed E-state index contributed by atoms with van der Waals surface area (Å²) in [5, 5.41) is 9.97. The lowest BCUT2D eigenvalue weighted by Gasteiger charge is -2.25. The quantitative estimate of drug-likeness (QED) is 0.793.